The predicted molar refractivity (Wildman–Crippen MR) is 93.8 cm³/mol. The Labute approximate surface area is 141 Å². The van der Waals surface area contributed by atoms with Crippen molar-refractivity contribution < 1.29 is 4.74 Å². The SMILES string of the molecule is Cc1c(C)c2ccc(OCc3nnc(C4CC4)s3)cc2sc1=O. The van der Waals surface area contributed by atoms with Crippen molar-refractivity contribution in [1.82, 2.24) is 10.2 Å². The van der Waals surface area contributed by atoms with E-state index < -0.39 is 0 Å². The van der Waals surface area contributed by atoms with Crippen molar-refractivity contribution in [2.45, 2.75) is 39.2 Å². The van der Waals surface area contributed by atoms with Crippen molar-refractivity contribution >= 4 is 32.8 Å². The van der Waals surface area contributed by atoms with Crippen LogP contribution in [0.15, 0.2) is 23.0 Å². The van der Waals surface area contributed by atoms with E-state index in [1.54, 1.807) is 11.3 Å². The van der Waals surface area contributed by atoms with Gasteiger partial charge in [-0.3, -0.25) is 4.79 Å². The maximum atomic E-state index is 12.0. The lowest BCUT2D eigenvalue weighted by Crippen LogP contribution is -2.02. The van der Waals surface area contributed by atoms with Gasteiger partial charge in [-0.05, 0) is 55.8 Å². The molecule has 1 aliphatic rings. The third kappa shape index (κ3) is 2.88. The van der Waals surface area contributed by atoms with Crippen LogP contribution >= 0.6 is 22.7 Å². The van der Waals surface area contributed by atoms with E-state index in [1.807, 2.05) is 32.0 Å². The second-order valence-corrected chi connectivity index (χ2v) is 8.00. The molecule has 0 N–H and O–H groups in total. The molecule has 2 aromatic heterocycles. The Morgan fingerprint density at radius 3 is 2.78 bits per heavy atom. The topological polar surface area (TPSA) is 52.1 Å². The lowest BCUT2D eigenvalue weighted by atomic mass is 10.1. The molecule has 0 aliphatic heterocycles. The van der Waals surface area contributed by atoms with E-state index in [9.17, 15) is 4.79 Å². The van der Waals surface area contributed by atoms with Crippen LogP contribution in [0.5, 0.6) is 5.75 Å². The summed E-state index contributed by atoms with van der Waals surface area (Å²) in [7, 11) is 0. The zero-order valence-corrected chi connectivity index (χ0v) is 14.6. The highest BCUT2D eigenvalue weighted by Crippen LogP contribution is 2.41. The Kier molecular flexibility index (Phi) is 3.66. The Morgan fingerprint density at radius 2 is 2.00 bits per heavy atom. The Morgan fingerprint density at radius 1 is 1.17 bits per heavy atom. The predicted octanol–water partition coefficient (Wildman–Crippen LogP) is 4.19. The summed E-state index contributed by atoms with van der Waals surface area (Å²) < 4.78 is 6.92. The van der Waals surface area contributed by atoms with Gasteiger partial charge in [0.2, 0.25) is 4.74 Å². The fourth-order valence-electron chi connectivity index (χ4n) is 2.48. The second kappa shape index (κ2) is 5.69. The van der Waals surface area contributed by atoms with E-state index in [4.69, 9.17) is 4.74 Å². The van der Waals surface area contributed by atoms with Crippen LogP contribution in [0.2, 0.25) is 0 Å². The van der Waals surface area contributed by atoms with E-state index in [0.29, 0.717) is 12.5 Å². The standard InChI is InChI=1S/C17H16N2O2S2/c1-9-10(2)17(20)22-14-7-12(5-6-13(9)14)21-8-15-18-19-16(23-15)11-3-4-11/h5-7,11H,3-4,8H2,1-2H3. The van der Waals surface area contributed by atoms with Crippen LogP contribution in [-0.2, 0) is 6.61 Å². The highest BCUT2D eigenvalue weighted by atomic mass is 32.1. The second-order valence-electron chi connectivity index (χ2n) is 5.89. The summed E-state index contributed by atoms with van der Waals surface area (Å²) in [5.74, 6) is 1.39. The van der Waals surface area contributed by atoms with Crippen molar-refractivity contribution in [3.8, 4) is 5.75 Å². The highest BCUT2D eigenvalue weighted by molar-refractivity contribution is 7.16. The van der Waals surface area contributed by atoms with Gasteiger partial charge in [0, 0.05) is 16.2 Å². The monoisotopic (exact) mass is 344 g/mol. The highest BCUT2D eigenvalue weighted by Gasteiger charge is 2.27. The molecule has 0 amide bonds. The first-order chi connectivity index (χ1) is 11.1. The van der Waals surface area contributed by atoms with E-state index in [-0.39, 0.29) is 4.74 Å². The van der Waals surface area contributed by atoms with Crippen LogP contribution in [0.1, 0.15) is 39.9 Å². The molecule has 0 spiro atoms. The average Bonchev–Trinajstić information content (AvgIpc) is 3.29. The van der Waals surface area contributed by atoms with Gasteiger partial charge in [-0.2, -0.15) is 0 Å². The molecular weight excluding hydrogens is 328 g/mol. The Hall–Kier alpha value is -1.79. The van der Waals surface area contributed by atoms with Crippen LogP contribution < -0.4 is 9.48 Å². The minimum atomic E-state index is 0.116. The summed E-state index contributed by atoms with van der Waals surface area (Å²) in [4.78, 5) is 12.0. The summed E-state index contributed by atoms with van der Waals surface area (Å²) in [5.41, 5.74) is 1.88. The summed E-state index contributed by atoms with van der Waals surface area (Å²) in [5, 5.41) is 11.6. The molecule has 1 fully saturated rings. The molecule has 6 heteroatoms. The fraction of sp³-hybridized carbons (Fsp3) is 0.353. The van der Waals surface area contributed by atoms with E-state index in [2.05, 4.69) is 10.2 Å². The third-order valence-electron chi connectivity index (χ3n) is 4.20. The maximum absolute atomic E-state index is 12.0. The minimum absolute atomic E-state index is 0.116. The number of hydrogen-bond donors (Lipinski definition) is 0. The molecule has 23 heavy (non-hydrogen) atoms. The largest absolute Gasteiger partial charge is 0.486 e. The number of aryl methyl sites for hydroxylation is 1. The number of nitrogens with zero attached hydrogens (tertiary/aromatic N) is 2. The van der Waals surface area contributed by atoms with E-state index in [0.717, 1.165) is 37.0 Å². The molecule has 2 heterocycles. The van der Waals surface area contributed by atoms with Crippen molar-refractivity contribution in [2.24, 2.45) is 0 Å². The number of ether oxygens (including phenoxy) is 1. The quantitative estimate of drug-likeness (QED) is 0.712. The summed E-state index contributed by atoms with van der Waals surface area (Å²) in [6, 6.07) is 5.92. The van der Waals surface area contributed by atoms with Gasteiger partial charge in [-0.1, -0.05) is 22.7 Å². The fourth-order valence-corrected chi connectivity index (χ4v) is 4.42. The number of rotatable bonds is 4. The molecule has 4 rings (SSSR count). The average molecular weight is 344 g/mol. The van der Waals surface area contributed by atoms with Crippen LogP contribution in [0, 0.1) is 13.8 Å². The van der Waals surface area contributed by atoms with Crippen molar-refractivity contribution in [1.29, 1.82) is 0 Å². The van der Waals surface area contributed by atoms with E-state index in [1.165, 1.54) is 24.2 Å². The van der Waals surface area contributed by atoms with Crippen molar-refractivity contribution in [2.75, 3.05) is 0 Å². The molecular formula is C17H16N2O2S2. The summed E-state index contributed by atoms with van der Waals surface area (Å²) >= 11 is 2.91. The van der Waals surface area contributed by atoms with Crippen molar-refractivity contribution in [3.05, 3.63) is 48.9 Å². The molecule has 1 aromatic carbocycles. The zero-order valence-electron chi connectivity index (χ0n) is 13.0. The van der Waals surface area contributed by atoms with Gasteiger partial charge in [-0.25, -0.2) is 0 Å². The maximum Gasteiger partial charge on any atom is 0.236 e. The lowest BCUT2D eigenvalue weighted by Gasteiger charge is -2.07. The van der Waals surface area contributed by atoms with Gasteiger partial charge >= 0.3 is 0 Å². The molecule has 118 valence electrons. The van der Waals surface area contributed by atoms with Crippen molar-refractivity contribution in [3.63, 3.8) is 0 Å². The van der Waals surface area contributed by atoms with Gasteiger partial charge in [0.15, 0.2) is 5.01 Å². The first kappa shape index (κ1) is 14.8. The molecule has 0 saturated heterocycles. The lowest BCUT2D eigenvalue weighted by molar-refractivity contribution is 0.305. The molecule has 0 atom stereocenters. The van der Waals surface area contributed by atoms with Crippen LogP contribution in [-0.4, -0.2) is 10.2 Å². The molecule has 1 aliphatic carbocycles. The number of aromatic nitrogens is 2. The molecule has 1 saturated carbocycles. The van der Waals surface area contributed by atoms with Crippen LogP contribution in [0.25, 0.3) is 10.1 Å². The summed E-state index contributed by atoms with van der Waals surface area (Å²) in [6.07, 6.45) is 2.47. The normalized spacial score (nSPS) is 14.3. The molecule has 3 aromatic rings. The third-order valence-corrected chi connectivity index (χ3v) is 6.31. The van der Waals surface area contributed by atoms with Crippen LogP contribution in [0.3, 0.4) is 0 Å². The molecule has 0 bridgehead atoms. The minimum Gasteiger partial charge on any atom is -0.486 e. The van der Waals surface area contributed by atoms with Crippen LogP contribution in [0.4, 0.5) is 0 Å². The van der Waals surface area contributed by atoms with E-state index >= 15 is 0 Å². The smallest absolute Gasteiger partial charge is 0.236 e. The van der Waals surface area contributed by atoms with Gasteiger partial charge in [-0.15, -0.1) is 10.2 Å². The molecule has 0 unspecified atom stereocenters. The zero-order chi connectivity index (χ0) is 16.0. The number of benzene rings is 1. The van der Waals surface area contributed by atoms with Gasteiger partial charge in [0.25, 0.3) is 0 Å². The first-order valence-corrected chi connectivity index (χ1v) is 9.24. The first-order valence-electron chi connectivity index (χ1n) is 7.61. The number of hydrogen-bond acceptors (Lipinski definition) is 6. The molecule has 0 radical (unpaired) electrons. The Bertz CT molecular complexity index is 941. The number of fused-ring (bicyclic) bond motifs is 1. The molecule has 4 nitrogen and oxygen atoms in total. The van der Waals surface area contributed by atoms with Gasteiger partial charge < -0.3 is 4.74 Å². The Balaban J connectivity index is 1.56. The van der Waals surface area contributed by atoms with Gasteiger partial charge in [0.05, 0.1) is 0 Å². The summed E-state index contributed by atoms with van der Waals surface area (Å²) in [6.45, 7) is 4.30. The van der Waals surface area contributed by atoms with Gasteiger partial charge in [0.1, 0.15) is 17.4 Å².